The van der Waals surface area contributed by atoms with Crippen LogP contribution in [-0.4, -0.2) is 96.9 Å². The molecule has 5 aromatic rings. The molecule has 2 saturated heterocycles. The van der Waals surface area contributed by atoms with Crippen molar-refractivity contribution in [3.05, 3.63) is 78.8 Å². The molecule has 0 aliphatic carbocycles. The van der Waals surface area contributed by atoms with E-state index in [1.807, 2.05) is 67.1 Å². The van der Waals surface area contributed by atoms with Crippen molar-refractivity contribution in [3.63, 3.8) is 0 Å². The maximum absolute atomic E-state index is 14.1. The Morgan fingerprint density at radius 1 is 0.980 bits per heavy atom. The van der Waals surface area contributed by atoms with E-state index in [2.05, 4.69) is 54.4 Å². The zero-order valence-electron chi connectivity index (χ0n) is 28.7. The molecule has 1 N–H and O–H groups in total. The second-order valence-corrected chi connectivity index (χ2v) is 13.9. The van der Waals surface area contributed by atoms with E-state index >= 15 is 0 Å². The molecule has 6 heterocycles. The second kappa shape index (κ2) is 12.8. The summed E-state index contributed by atoms with van der Waals surface area (Å²) in [7, 11) is 1.86. The lowest BCUT2D eigenvalue weighted by Gasteiger charge is -2.29. The Labute approximate surface area is 290 Å². The molecular weight excluding hydrogens is 630 g/mol. The third kappa shape index (κ3) is 6.04. The van der Waals surface area contributed by atoms with Crippen molar-refractivity contribution in [1.29, 1.82) is 0 Å². The summed E-state index contributed by atoms with van der Waals surface area (Å²) < 4.78 is 7.50. The van der Waals surface area contributed by atoms with Gasteiger partial charge in [0.05, 0.1) is 23.6 Å². The van der Waals surface area contributed by atoms with Gasteiger partial charge in [0, 0.05) is 67.7 Å². The van der Waals surface area contributed by atoms with Crippen LogP contribution in [0.5, 0.6) is 5.88 Å². The lowest BCUT2D eigenvalue weighted by molar-refractivity contribution is -0.132. The highest BCUT2D eigenvalue weighted by Crippen LogP contribution is 2.43. The molecule has 0 radical (unpaired) electrons. The molecule has 0 bridgehead atoms. The van der Waals surface area contributed by atoms with Gasteiger partial charge in [-0.05, 0) is 75.1 Å². The Morgan fingerprint density at radius 2 is 1.80 bits per heavy atom. The molecule has 256 valence electrons. The van der Waals surface area contributed by atoms with Crippen molar-refractivity contribution in [1.82, 2.24) is 39.7 Å². The van der Waals surface area contributed by atoms with Crippen molar-refractivity contribution < 1.29 is 14.3 Å². The molecule has 3 aromatic heterocycles. The minimum absolute atomic E-state index is 0.0142. The lowest BCUT2D eigenvalue weighted by atomic mass is 9.85. The number of pyridine rings is 1. The monoisotopic (exact) mass is 671 g/mol. The number of nitrogens with one attached hydrogen (secondary N) is 1. The van der Waals surface area contributed by atoms with E-state index in [-0.39, 0.29) is 17.9 Å². The average molecular weight is 672 g/mol. The number of likely N-dealkylation sites (tertiary alicyclic amines) is 1. The average Bonchev–Trinajstić information content (AvgIpc) is 3.92. The van der Waals surface area contributed by atoms with Gasteiger partial charge in [-0.1, -0.05) is 30.3 Å². The SMILES string of the molecule is CC(C)Oc1cc(-c2n[nH]c3ccc(N4CCC5(CCN(CC(=O)N6CC=C(c7ccc(-c8ncn(C)n8)cc7)CC6)C5)C4=O)cc23)ccn1. The van der Waals surface area contributed by atoms with Crippen molar-refractivity contribution in [3.8, 4) is 28.5 Å². The number of amides is 2. The second-order valence-electron chi connectivity index (χ2n) is 13.9. The van der Waals surface area contributed by atoms with Crippen molar-refractivity contribution in [2.24, 2.45) is 12.5 Å². The molecule has 50 heavy (non-hydrogen) atoms. The molecule has 2 fully saturated rings. The number of ether oxygens (including phenoxy) is 1. The number of nitrogens with zero attached hydrogens (tertiary/aromatic N) is 8. The zero-order chi connectivity index (χ0) is 34.4. The van der Waals surface area contributed by atoms with Gasteiger partial charge in [-0.2, -0.15) is 10.2 Å². The Morgan fingerprint density at radius 3 is 2.56 bits per heavy atom. The van der Waals surface area contributed by atoms with Gasteiger partial charge in [0.25, 0.3) is 0 Å². The van der Waals surface area contributed by atoms with Gasteiger partial charge in [0.1, 0.15) is 12.0 Å². The smallest absolute Gasteiger partial charge is 0.237 e. The minimum atomic E-state index is -0.464. The predicted molar refractivity (Wildman–Crippen MR) is 191 cm³/mol. The molecule has 1 unspecified atom stereocenters. The highest BCUT2D eigenvalue weighted by atomic mass is 16.5. The van der Waals surface area contributed by atoms with Gasteiger partial charge in [0.15, 0.2) is 5.82 Å². The predicted octanol–water partition coefficient (Wildman–Crippen LogP) is 4.95. The first kappa shape index (κ1) is 31.9. The minimum Gasteiger partial charge on any atom is -0.475 e. The van der Waals surface area contributed by atoms with Gasteiger partial charge < -0.3 is 14.5 Å². The molecule has 0 saturated carbocycles. The van der Waals surface area contributed by atoms with E-state index in [0.29, 0.717) is 44.4 Å². The van der Waals surface area contributed by atoms with Crippen LogP contribution in [0.15, 0.2) is 73.2 Å². The van der Waals surface area contributed by atoms with Crippen molar-refractivity contribution in [2.45, 2.75) is 39.2 Å². The summed E-state index contributed by atoms with van der Waals surface area (Å²) >= 11 is 0. The first-order valence-electron chi connectivity index (χ1n) is 17.3. The van der Waals surface area contributed by atoms with Gasteiger partial charge >= 0.3 is 0 Å². The molecule has 1 spiro atoms. The van der Waals surface area contributed by atoms with E-state index in [1.165, 1.54) is 5.57 Å². The molecule has 3 aliphatic heterocycles. The highest BCUT2D eigenvalue weighted by molar-refractivity contribution is 6.03. The van der Waals surface area contributed by atoms with Crippen molar-refractivity contribution >= 4 is 34.0 Å². The van der Waals surface area contributed by atoms with Crippen LogP contribution in [-0.2, 0) is 16.6 Å². The summed E-state index contributed by atoms with van der Waals surface area (Å²) in [5.74, 6) is 1.52. The summed E-state index contributed by atoms with van der Waals surface area (Å²) in [5.41, 5.74) is 6.38. The number of carbonyl (C=O) groups excluding carboxylic acids is 2. The number of anilines is 1. The quantitative estimate of drug-likeness (QED) is 0.246. The fourth-order valence-electron chi connectivity index (χ4n) is 7.55. The number of aryl methyl sites for hydroxylation is 1. The molecule has 12 nitrogen and oxygen atoms in total. The van der Waals surface area contributed by atoms with Crippen LogP contribution in [0.25, 0.3) is 39.1 Å². The van der Waals surface area contributed by atoms with E-state index < -0.39 is 5.41 Å². The number of rotatable bonds is 8. The molecule has 1 atom stereocenters. The van der Waals surface area contributed by atoms with Crippen molar-refractivity contribution in [2.75, 3.05) is 44.2 Å². The lowest BCUT2D eigenvalue weighted by Crippen LogP contribution is -2.43. The third-order valence-electron chi connectivity index (χ3n) is 10.2. The van der Waals surface area contributed by atoms with Gasteiger partial charge in [-0.25, -0.2) is 9.97 Å². The maximum Gasteiger partial charge on any atom is 0.237 e. The Kier molecular flexibility index (Phi) is 8.18. The van der Waals surface area contributed by atoms with E-state index in [9.17, 15) is 9.59 Å². The summed E-state index contributed by atoms with van der Waals surface area (Å²) in [6, 6.07) is 18.1. The molecule has 3 aliphatic rings. The Balaban J connectivity index is 0.896. The number of aromatic nitrogens is 6. The molecule has 12 heteroatoms. The van der Waals surface area contributed by atoms with Gasteiger partial charge in [-0.3, -0.25) is 24.3 Å². The van der Waals surface area contributed by atoms with Gasteiger partial charge in [0.2, 0.25) is 17.7 Å². The topological polar surface area (TPSA) is 125 Å². The molecular formula is C38H41N9O3. The molecule has 2 aromatic carbocycles. The van der Waals surface area contributed by atoms with Crippen LogP contribution >= 0.6 is 0 Å². The van der Waals surface area contributed by atoms with E-state index in [0.717, 1.165) is 64.8 Å². The number of aromatic amines is 1. The Hall–Kier alpha value is -5.36. The van der Waals surface area contributed by atoms with Gasteiger partial charge in [-0.15, -0.1) is 0 Å². The fraction of sp³-hybridized carbons (Fsp3) is 0.368. The number of fused-ring (bicyclic) bond motifs is 1. The standard InChI is InChI=1S/C38H41N9O3/c1-25(2)50-33-20-29(10-15-39-33)35-31-21-30(8-9-32(31)41-42-35)47-19-14-38(37(47)49)13-18-45(23-38)22-34(48)46-16-11-27(12-17-46)26-4-6-28(7-5-26)36-40-24-44(3)43-36/h4-11,15,20-21,24-25H,12-14,16-19,22-23H2,1-3H3,(H,41,42). The first-order chi connectivity index (χ1) is 24.2. The number of benzene rings is 2. The first-order valence-corrected chi connectivity index (χ1v) is 17.3. The van der Waals surface area contributed by atoms with Crippen LogP contribution in [0.2, 0.25) is 0 Å². The van der Waals surface area contributed by atoms with Crippen LogP contribution in [0.3, 0.4) is 0 Å². The summed E-state index contributed by atoms with van der Waals surface area (Å²) in [6.45, 7) is 7.55. The van der Waals surface area contributed by atoms with Crippen LogP contribution in [0, 0.1) is 5.41 Å². The van der Waals surface area contributed by atoms with Crippen LogP contribution in [0.4, 0.5) is 5.69 Å². The summed E-state index contributed by atoms with van der Waals surface area (Å²) in [5, 5.41) is 13.0. The number of carbonyl (C=O) groups is 2. The summed E-state index contributed by atoms with van der Waals surface area (Å²) in [6.07, 6.45) is 7.94. The maximum atomic E-state index is 14.1. The highest BCUT2D eigenvalue weighted by Gasteiger charge is 2.51. The van der Waals surface area contributed by atoms with E-state index in [1.54, 1.807) is 17.2 Å². The summed E-state index contributed by atoms with van der Waals surface area (Å²) in [4.78, 5) is 42.2. The van der Waals surface area contributed by atoms with Crippen LogP contribution < -0.4 is 9.64 Å². The number of hydrogen-bond donors (Lipinski definition) is 1. The number of hydrogen-bond acceptors (Lipinski definition) is 8. The number of H-pyrrole nitrogens is 1. The van der Waals surface area contributed by atoms with Crippen LogP contribution in [0.1, 0.15) is 38.7 Å². The third-order valence-corrected chi connectivity index (χ3v) is 10.2. The molecule has 8 rings (SSSR count). The zero-order valence-corrected chi connectivity index (χ0v) is 28.7. The Bertz CT molecular complexity index is 2100. The van der Waals surface area contributed by atoms with E-state index in [4.69, 9.17) is 4.74 Å². The normalized spacial score (nSPS) is 19.7. The molecule has 2 amide bonds. The fourth-order valence-corrected chi connectivity index (χ4v) is 7.55. The largest absolute Gasteiger partial charge is 0.475 e.